The Labute approximate surface area is 136 Å². The maximum atomic E-state index is 9.79. The van der Waals surface area contributed by atoms with Gasteiger partial charge in [-0.3, -0.25) is 0 Å². The number of hydrogen-bond donors (Lipinski definition) is 3. The van der Waals surface area contributed by atoms with Crippen molar-refractivity contribution < 1.29 is 14.7 Å². The predicted octanol–water partition coefficient (Wildman–Crippen LogP) is 3.72. The molecule has 3 nitrogen and oxygen atoms in total. The molecule has 0 unspecified atom stereocenters. The molecule has 0 radical (unpaired) electrons. The fourth-order valence-corrected chi connectivity index (χ4v) is 3.50. The van der Waals surface area contributed by atoms with Crippen LogP contribution in [-0.4, -0.2) is 14.7 Å². The van der Waals surface area contributed by atoms with E-state index in [1.807, 2.05) is 0 Å². The summed E-state index contributed by atoms with van der Waals surface area (Å²) in [7, 11) is -4.31. The van der Waals surface area contributed by atoms with Gasteiger partial charge < -0.3 is 0 Å². The summed E-state index contributed by atoms with van der Waals surface area (Å²) in [6, 6.07) is 3.60. The van der Waals surface area contributed by atoms with Crippen molar-refractivity contribution in [2.75, 3.05) is 0 Å². The molecule has 4 heteroatoms. The molecule has 0 amide bonds. The summed E-state index contributed by atoms with van der Waals surface area (Å²) >= 11 is 0. The molecular formula is C18H33O3P. The van der Waals surface area contributed by atoms with E-state index in [1.54, 1.807) is 12.1 Å². The van der Waals surface area contributed by atoms with Gasteiger partial charge in [-0.05, 0) is 0 Å². The van der Waals surface area contributed by atoms with E-state index < -0.39 is 7.94 Å². The third kappa shape index (κ3) is 4.76. The Morgan fingerprint density at radius 3 is 1.55 bits per heavy atom. The molecule has 0 spiro atoms. The molecule has 0 saturated heterocycles. The summed E-state index contributed by atoms with van der Waals surface area (Å²) in [5.74, 6) is 0. The summed E-state index contributed by atoms with van der Waals surface area (Å²) in [4.78, 5) is 29.4. The number of rotatable bonds is 4. The van der Waals surface area contributed by atoms with Crippen LogP contribution in [0, 0.1) is 0 Å². The first-order chi connectivity index (χ1) is 9.78. The average Bonchev–Trinajstić information content (AvgIpc) is 2.31. The van der Waals surface area contributed by atoms with Crippen molar-refractivity contribution in [2.24, 2.45) is 0 Å². The van der Waals surface area contributed by atoms with Crippen LogP contribution < -0.4 is 5.30 Å². The van der Waals surface area contributed by atoms with E-state index in [-0.39, 0.29) is 16.1 Å². The molecule has 0 bridgehead atoms. The summed E-state index contributed by atoms with van der Waals surface area (Å²) in [6.07, 6.45) is 3.20. The molecule has 0 aliphatic rings. The number of benzene rings is 1. The van der Waals surface area contributed by atoms with Gasteiger partial charge in [-0.1, -0.05) is 0 Å². The van der Waals surface area contributed by atoms with Crippen molar-refractivity contribution in [3.8, 4) is 0 Å². The molecule has 1 aromatic rings. The summed E-state index contributed by atoms with van der Waals surface area (Å²) in [6.45, 7) is 14.9. The molecule has 0 heterocycles. The molecule has 0 aliphatic carbocycles. The standard InChI is InChI=1S/C18H33O3P/c1-8-9-10-14-15(17(2,3)4)11-13(22(19,20)21)12-16(14)18(5,6)7/h11-12,19-22H,8-10H2,1-7H3. The zero-order valence-corrected chi connectivity index (χ0v) is 16.1. The van der Waals surface area contributed by atoms with Crippen LogP contribution in [0.3, 0.4) is 0 Å². The van der Waals surface area contributed by atoms with Crippen molar-refractivity contribution in [2.45, 2.75) is 78.6 Å². The zero-order chi connectivity index (χ0) is 17.3. The van der Waals surface area contributed by atoms with Crippen molar-refractivity contribution in [1.29, 1.82) is 0 Å². The minimum atomic E-state index is -4.31. The van der Waals surface area contributed by atoms with Crippen molar-refractivity contribution >= 4 is 13.2 Å². The van der Waals surface area contributed by atoms with Crippen LogP contribution in [0.2, 0.25) is 0 Å². The van der Waals surface area contributed by atoms with Crippen LogP contribution in [0.15, 0.2) is 12.1 Å². The van der Waals surface area contributed by atoms with Crippen LogP contribution in [0.4, 0.5) is 0 Å². The Hall–Kier alpha value is -0.470. The molecule has 128 valence electrons. The van der Waals surface area contributed by atoms with Crippen LogP contribution in [0.25, 0.3) is 0 Å². The second-order valence-corrected chi connectivity index (χ2v) is 10.1. The first kappa shape index (κ1) is 19.6. The SMILES string of the molecule is CCCCc1c(C(C)(C)C)cc([PH](O)(O)O)cc1C(C)(C)C. The van der Waals surface area contributed by atoms with Crippen LogP contribution in [0.1, 0.15) is 78.0 Å². The summed E-state index contributed by atoms with van der Waals surface area (Å²) in [5.41, 5.74) is 3.29. The van der Waals surface area contributed by atoms with Gasteiger partial charge in [0.15, 0.2) is 0 Å². The monoisotopic (exact) mass is 328 g/mol. The molecule has 0 fully saturated rings. The van der Waals surface area contributed by atoms with E-state index in [2.05, 4.69) is 48.5 Å². The molecule has 3 N–H and O–H groups in total. The Morgan fingerprint density at radius 2 is 1.27 bits per heavy atom. The molecule has 0 atom stereocenters. The molecule has 0 saturated carbocycles. The van der Waals surface area contributed by atoms with Crippen molar-refractivity contribution in [3.05, 3.63) is 28.8 Å². The Kier molecular flexibility index (Phi) is 5.84. The summed E-state index contributed by atoms with van der Waals surface area (Å²) in [5, 5.41) is 0.280. The van der Waals surface area contributed by atoms with Gasteiger partial charge in [-0.2, -0.15) is 0 Å². The van der Waals surface area contributed by atoms with Gasteiger partial charge in [0.25, 0.3) is 0 Å². The maximum absolute atomic E-state index is 9.79. The molecular weight excluding hydrogens is 295 g/mol. The third-order valence-electron chi connectivity index (χ3n) is 4.03. The Morgan fingerprint density at radius 1 is 0.864 bits per heavy atom. The average molecular weight is 328 g/mol. The third-order valence-corrected chi connectivity index (χ3v) is 5.10. The normalized spacial score (nSPS) is 14.3. The van der Waals surface area contributed by atoms with Crippen LogP contribution in [-0.2, 0) is 17.3 Å². The van der Waals surface area contributed by atoms with Crippen molar-refractivity contribution in [1.82, 2.24) is 0 Å². The van der Waals surface area contributed by atoms with Gasteiger partial charge in [0.05, 0.1) is 0 Å². The molecule has 22 heavy (non-hydrogen) atoms. The first-order valence-corrected chi connectivity index (χ1v) is 9.98. The van der Waals surface area contributed by atoms with E-state index in [0.29, 0.717) is 0 Å². The molecule has 0 aromatic heterocycles. The second-order valence-electron chi connectivity index (χ2n) is 8.29. The van der Waals surface area contributed by atoms with Crippen molar-refractivity contribution in [3.63, 3.8) is 0 Å². The zero-order valence-electron chi connectivity index (χ0n) is 15.1. The fraction of sp³-hybridized carbons (Fsp3) is 0.667. The minimum absolute atomic E-state index is 0.112. The quantitative estimate of drug-likeness (QED) is 0.738. The van der Waals surface area contributed by atoms with Gasteiger partial charge >= 0.3 is 135 Å². The van der Waals surface area contributed by atoms with Gasteiger partial charge in [0.2, 0.25) is 0 Å². The van der Waals surface area contributed by atoms with Gasteiger partial charge in [-0.25, -0.2) is 0 Å². The molecule has 0 aliphatic heterocycles. The van der Waals surface area contributed by atoms with Gasteiger partial charge in [-0.15, -0.1) is 0 Å². The Balaban J connectivity index is 3.70. The van der Waals surface area contributed by atoms with E-state index in [4.69, 9.17) is 0 Å². The van der Waals surface area contributed by atoms with E-state index in [0.717, 1.165) is 30.4 Å². The number of hydrogen-bond acceptors (Lipinski definition) is 3. The Bertz CT molecular complexity index is 482. The second kappa shape index (κ2) is 6.57. The number of unbranched alkanes of at least 4 members (excludes halogenated alkanes) is 1. The first-order valence-electron chi connectivity index (χ1n) is 8.14. The van der Waals surface area contributed by atoms with Crippen LogP contribution >= 0.6 is 7.94 Å². The van der Waals surface area contributed by atoms with E-state index in [9.17, 15) is 14.7 Å². The summed E-state index contributed by atoms with van der Waals surface area (Å²) < 4.78 is 0. The van der Waals surface area contributed by atoms with Crippen LogP contribution in [0.5, 0.6) is 0 Å². The fourth-order valence-electron chi connectivity index (χ4n) is 2.83. The molecule has 1 rings (SSSR count). The predicted molar refractivity (Wildman–Crippen MR) is 97.1 cm³/mol. The molecule has 1 aromatic carbocycles. The van der Waals surface area contributed by atoms with E-state index >= 15 is 0 Å². The van der Waals surface area contributed by atoms with E-state index in [1.165, 1.54) is 5.56 Å². The van der Waals surface area contributed by atoms with Gasteiger partial charge in [0, 0.05) is 0 Å². The topological polar surface area (TPSA) is 60.7 Å². The van der Waals surface area contributed by atoms with Gasteiger partial charge in [0.1, 0.15) is 0 Å².